The average molecular weight is 309 g/mol. The molecule has 1 heterocycles. The summed E-state index contributed by atoms with van der Waals surface area (Å²) in [4.78, 5) is 22.9. The van der Waals surface area contributed by atoms with Gasteiger partial charge in [-0.2, -0.15) is 5.26 Å². The number of aliphatic carboxylic acids is 2. The highest BCUT2D eigenvalue weighted by molar-refractivity contribution is 5.69. The van der Waals surface area contributed by atoms with Gasteiger partial charge in [0, 0.05) is 11.5 Å². The SMILES string of the molecule is C[C@@H](CN=[N+]=[N-])C(=O)O.C[C@@H](Cn1cc(C#N)nn1)C(=O)O. The van der Waals surface area contributed by atoms with Crippen LogP contribution >= 0.6 is 0 Å². The van der Waals surface area contributed by atoms with E-state index in [-0.39, 0.29) is 18.8 Å². The third-order valence-electron chi connectivity index (χ3n) is 2.38. The Bertz CT molecular complexity index is 600. The molecule has 1 aromatic rings. The molecule has 1 rings (SSSR count). The van der Waals surface area contributed by atoms with Gasteiger partial charge in [-0.1, -0.05) is 24.2 Å². The van der Waals surface area contributed by atoms with Crippen molar-refractivity contribution in [1.29, 1.82) is 5.26 Å². The van der Waals surface area contributed by atoms with Gasteiger partial charge in [0.15, 0.2) is 5.69 Å². The average Bonchev–Trinajstić information content (AvgIpc) is 2.92. The summed E-state index contributed by atoms with van der Waals surface area (Å²) in [6.45, 7) is 3.29. The molecule has 22 heavy (non-hydrogen) atoms. The van der Waals surface area contributed by atoms with Crippen LogP contribution in [0.25, 0.3) is 10.4 Å². The van der Waals surface area contributed by atoms with Crippen molar-refractivity contribution in [2.45, 2.75) is 20.4 Å². The highest BCUT2D eigenvalue weighted by Crippen LogP contribution is 1.99. The van der Waals surface area contributed by atoms with Gasteiger partial charge in [0.05, 0.1) is 24.6 Å². The first-order chi connectivity index (χ1) is 10.3. The second kappa shape index (κ2) is 9.73. The van der Waals surface area contributed by atoms with E-state index in [1.54, 1.807) is 6.92 Å². The van der Waals surface area contributed by atoms with Gasteiger partial charge in [-0.15, -0.1) is 5.10 Å². The van der Waals surface area contributed by atoms with Crippen LogP contribution in [0.4, 0.5) is 0 Å². The highest BCUT2D eigenvalue weighted by Gasteiger charge is 2.12. The molecule has 0 saturated carbocycles. The lowest BCUT2D eigenvalue weighted by molar-refractivity contribution is -0.142. The van der Waals surface area contributed by atoms with Crippen LogP contribution in [0.2, 0.25) is 0 Å². The number of rotatable bonds is 6. The number of nitrogens with zero attached hydrogens (tertiary/aromatic N) is 7. The Labute approximate surface area is 125 Å². The fourth-order valence-electron chi connectivity index (χ4n) is 1.03. The minimum atomic E-state index is -0.942. The molecule has 0 aliphatic rings. The van der Waals surface area contributed by atoms with Gasteiger partial charge in [0.1, 0.15) is 6.07 Å². The van der Waals surface area contributed by atoms with Gasteiger partial charge in [-0.3, -0.25) is 14.3 Å². The van der Waals surface area contributed by atoms with E-state index in [0.29, 0.717) is 0 Å². The molecule has 0 fully saturated rings. The maximum atomic E-state index is 10.5. The standard InChI is InChI=1S/C7H8N4O2.C4H7N3O2/c1-5(7(12)13)3-11-4-6(2-8)9-10-11;1-3(4(8)9)2-6-7-5/h4-5H,3H2,1H3,(H,12,13);3H,2H2,1H3,(H,8,9)/t5-;3-/m00/s1. The van der Waals surface area contributed by atoms with Crippen molar-refractivity contribution >= 4 is 11.9 Å². The number of azide groups is 1. The van der Waals surface area contributed by atoms with Crippen LogP contribution in [-0.2, 0) is 16.1 Å². The predicted octanol–water partition coefficient (Wildman–Crippen LogP) is 0.888. The molecule has 0 radical (unpaired) electrons. The second-order valence-corrected chi connectivity index (χ2v) is 4.33. The molecule has 11 nitrogen and oxygen atoms in total. The minimum Gasteiger partial charge on any atom is -0.481 e. The zero-order valence-corrected chi connectivity index (χ0v) is 12.0. The smallest absolute Gasteiger partial charge is 0.308 e. The van der Waals surface area contributed by atoms with Crippen molar-refractivity contribution in [3.63, 3.8) is 0 Å². The predicted molar refractivity (Wildman–Crippen MR) is 72.3 cm³/mol. The Morgan fingerprint density at radius 1 is 1.45 bits per heavy atom. The molecule has 0 aliphatic carbocycles. The summed E-state index contributed by atoms with van der Waals surface area (Å²) in [6.07, 6.45) is 1.42. The summed E-state index contributed by atoms with van der Waals surface area (Å²) in [5.74, 6) is -2.95. The van der Waals surface area contributed by atoms with Gasteiger partial charge < -0.3 is 10.2 Å². The lowest BCUT2D eigenvalue weighted by Crippen LogP contribution is -2.17. The van der Waals surface area contributed by atoms with E-state index < -0.39 is 23.8 Å². The molecule has 0 saturated heterocycles. The van der Waals surface area contributed by atoms with E-state index in [4.69, 9.17) is 21.0 Å². The first-order valence-electron chi connectivity index (χ1n) is 6.08. The number of carbonyl (C=O) groups is 2. The Hall–Kier alpha value is -3.12. The summed E-state index contributed by atoms with van der Waals surface area (Å²) >= 11 is 0. The Morgan fingerprint density at radius 2 is 2.05 bits per heavy atom. The number of aromatic nitrogens is 3. The monoisotopic (exact) mass is 309 g/mol. The quantitative estimate of drug-likeness (QED) is 0.444. The van der Waals surface area contributed by atoms with Gasteiger partial charge in [-0.05, 0) is 5.53 Å². The zero-order valence-electron chi connectivity index (χ0n) is 12.0. The number of hydrogen-bond donors (Lipinski definition) is 2. The van der Waals surface area contributed by atoms with E-state index in [0.717, 1.165) is 0 Å². The van der Waals surface area contributed by atoms with Gasteiger partial charge in [-0.25, -0.2) is 0 Å². The van der Waals surface area contributed by atoms with Gasteiger partial charge >= 0.3 is 11.9 Å². The summed E-state index contributed by atoms with van der Waals surface area (Å²) < 4.78 is 1.34. The summed E-state index contributed by atoms with van der Waals surface area (Å²) in [7, 11) is 0. The molecule has 2 N–H and O–H groups in total. The topological polar surface area (TPSA) is 178 Å². The molecule has 118 valence electrons. The minimum absolute atomic E-state index is 0.0197. The van der Waals surface area contributed by atoms with Crippen molar-refractivity contribution in [2.75, 3.05) is 6.54 Å². The molecular weight excluding hydrogens is 294 g/mol. The number of nitriles is 1. The van der Waals surface area contributed by atoms with Crippen molar-refractivity contribution in [2.24, 2.45) is 17.0 Å². The first-order valence-corrected chi connectivity index (χ1v) is 6.08. The van der Waals surface area contributed by atoms with E-state index in [2.05, 4.69) is 20.3 Å². The maximum absolute atomic E-state index is 10.5. The summed E-state index contributed by atoms with van der Waals surface area (Å²) in [5.41, 5.74) is 7.95. The van der Waals surface area contributed by atoms with Crippen LogP contribution in [0.1, 0.15) is 19.5 Å². The molecule has 2 atom stereocenters. The van der Waals surface area contributed by atoms with Crippen LogP contribution in [0, 0.1) is 23.2 Å². The van der Waals surface area contributed by atoms with Crippen LogP contribution in [0.5, 0.6) is 0 Å². The summed E-state index contributed by atoms with van der Waals surface area (Å²) in [5, 5.41) is 35.4. The zero-order chi connectivity index (χ0) is 17.1. The number of carboxylic acids is 2. The van der Waals surface area contributed by atoms with Crippen molar-refractivity contribution < 1.29 is 19.8 Å². The third-order valence-corrected chi connectivity index (χ3v) is 2.38. The molecule has 0 bridgehead atoms. The van der Waals surface area contributed by atoms with Crippen LogP contribution in [0.15, 0.2) is 11.3 Å². The fraction of sp³-hybridized carbons (Fsp3) is 0.545. The van der Waals surface area contributed by atoms with E-state index in [1.165, 1.54) is 17.8 Å². The molecule has 0 aliphatic heterocycles. The largest absolute Gasteiger partial charge is 0.481 e. The fourth-order valence-corrected chi connectivity index (χ4v) is 1.03. The van der Waals surface area contributed by atoms with Crippen molar-refractivity contribution in [3.8, 4) is 6.07 Å². The lowest BCUT2D eigenvalue weighted by Gasteiger charge is -2.03. The third kappa shape index (κ3) is 7.46. The van der Waals surface area contributed by atoms with Gasteiger partial charge in [0.25, 0.3) is 0 Å². The Kier molecular flexibility index (Phi) is 8.35. The first kappa shape index (κ1) is 18.9. The van der Waals surface area contributed by atoms with Crippen LogP contribution < -0.4 is 0 Å². The maximum Gasteiger partial charge on any atom is 0.308 e. The normalized spacial score (nSPS) is 11.9. The van der Waals surface area contributed by atoms with Crippen LogP contribution in [-0.4, -0.2) is 43.7 Å². The second-order valence-electron chi connectivity index (χ2n) is 4.33. The van der Waals surface area contributed by atoms with Crippen LogP contribution in [0.3, 0.4) is 0 Å². The molecule has 0 unspecified atom stereocenters. The Balaban J connectivity index is 0.000000433. The van der Waals surface area contributed by atoms with E-state index in [9.17, 15) is 9.59 Å². The lowest BCUT2D eigenvalue weighted by atomic mass is 10.2. The molecule has 1 aromatic heterocycles. The highest BCUT2D eigenvalue weighted by atomic mass is 16.4. The van der Waals surface area contributed by atoms with Crippen molar-refractivity contribution in [3.05, 3.63) is 22.3 Å². The van der Waals surface area contributed by atoms with Gasteiger partial charge in [0.2, 0.25) is 0 Å². The summed E-state index contributed by atoms with van der Waals surface area (Å²) in [6, 6.07) is 1.81. The number of carboxylic acid groups (broad SMARTS) is 2. The van der Waals surface area contributed by atoms with E-state index >= 15 is 0 Å². The molecule has 11 heteroatoms. The molecular formula is C11H15N7O4. The van der Waals surface area contributed by atoms with E-state index in [1.807, 2.05) is 6.07 Å². The van der Waals surface area contributed by atoms with Crippen molar-refractivity contribution in [1.82, 2.24) is 15.0 Å². The molecule has 0 aromatic carbocycles. The molecule has 0 spiro atoms. The number of hydrogen-bond acceptors (Lipinski definition) is 6. The molecule has 0 amide bonds. The Morgan fingerprint density at radius 3 is 2.45 bits per heavy atom.